The summed E-state index contributed by atoms with van der Waals surface area (Å²) in [7, 11) is 1.66. The molecule has 0 aliphatic carbocycles. The van der Waals surface area contributed by atoms with E-state index >= 15 is 0 Å². The number of fused-ring (bicyclic) bond motifs is 3. The number of aliphatic imine (C=N–C) groups is 1. The molecule has 1 aliphatic rings. The standard InChI is InChI=1S/C26H24N4O2/c1-18-8-13-23-22(14-18)26(20-6-4-3-5-7-20)27-15-24-28-29-25(30(23)24)17-32-16-19-9-11-21(31-2)12-10-19/h3-14H,15-17H2,1-2H3. The van der Waals surface area contributed by atoms with Crippen molar-refractivity contribution in [3.8, 4) is 11.4 Å². The van der Waals surface area contributed by atoms with Gasteiger partial charge >= 0.3 is 0 Å². The molecule has 0 unspecified atom stereocenters. The fourth-order valence-electron chi connectivity index (χ4n) is 3.92. The number of ether oxygens (including phenoxy) is 2. The Bertz CT molecular complexity index is 1260. The van der Waals surface area contributed by atoms with Crippen LogP contribution in [-0.2, 0) is 24.5 Å². The number of aromatic nitrogens is 3. The molecule has 6 nitrogen and oxygen atoms in total. The van der Waals surface area contributed by atoms with Gasteiger partial charge in [0.05, 0.1) is 25.1 Å². The monoisotopic (exact) mass is 424 g/mol. The van der Waals surface area contributed by atoms with E-state index in [4.69, 9.17) is 14.5 Å². The van der Waals surface area contributed by atoms with E-state index in [-0.39, 0.29) is 0 Å². The summed E-state index contributed by atoms with van der Waals surface area (Å²) in [6.45, 7) is 3.40. The highest BCUT2D eigenvalue weighted by Crippen LogP contribution is 2.27. The molecule has 32 heavy (non-hydrogen) atoms. The molecule has 0 amide bonds. The third kappa shape index (κ3) is 3.92. The number of hydrogen-bond donors (Lipinski definition) is 0. The van der Waals surface area contributed by atoms with Gasteiger partial charge in [-0.3, -0.25) is 9.56 Å². The topological polar surface area (TPSA) is 61.5 Å². The van der Waals surface area contributed by atoms with E-state index in [0.29, 0.717) is 19.8 Å². The maximum atomic E-state index is 5.99. The molecular formula is C26H24N4O2. The average molecular weight is 425 g/mol. The first-order valence-corrected chi connectivity index (χ1v) is 10.6. The molecule has 5 rings (SSSR count). The molecule has 160 valence electrons. The molecule has 3 aromatic carbocycles. The summed E-state index contributed by atoms with van der Waals surface area (Å²) in [6, 6.07) is 24.6. The van der Waals surface area contributed by atoms with Crippen molar-refractivity contribution in [3.05, 3.63) is 107 Å². The first-order chi connectivity index (χ1) is 15.7. The molecule has 6 heteroatoms. The van der Waals surface area contributed by atoms with Crippen LogP contribution in [0.5, 0.6) is 5.75 Å². The summed E-state index contributed by atoms with van der Waals surface area (Å²) in [5, 5.41) is 8.84. The molecule has 0 saturated carbocycles. The average Bonchev–Trinajstić information content (AvgIpc) is 3.15. The van der Waals surface area contributed by atoms with E-state index in [1.54, 1.807) is 7.11 Å². The number of methoxy groups -OCH3 is 1. The van der Waals surface area contributed by atoms with E-state index in [1.807, 2.05) is 42.5 Å². The lowest BCUT2D eigenvalue weighted by Gasteiger charge is -2.14. The van der Waals surface area contributed by atoms with Crippen LogP contribution >= 0.6 is 0 Å². The third-order valence-electron chi connectivity index (χ3n) is 5.53. The summed E-state index contributed by atoms with van der Waals surface area (Å²) in [5.41, 5.74) is 6.42. The third-order valence-corrected chi connectivity index (χ3v) is 5.53. The van der Waals surface area contributed by atoms with Crippen molar-refractivity contribution < 1.29 is 9.47 Å². The van der Waals surface area contributed by atoms with E-state index in [9.17, 15) is 0 Å². The Morgan fingerprint density at radius 3 is 2.50 bits per heavy atom. The van der Waals surface area contributed by atoms with Crippen LogP contribution < -0.4 is 4.74 Å². The maximum absolute atomic E-state index is 5.99. The van der Waals surface area contributed by atoms with Gasteiger partial charge in [-0.2, -0.15) is 0 Å². The Labute approximate surface area is 187 Å². The first kappa shape index (κ1) is 20.2. The number of rotatable bonds is 6. The SMILES string of the molecule is COc1ccc(COCc2nnc3n2-c2ccc(C)cc2C(c2ccccc2)=NC3)cc1. The summed E-state index contributed by atoms with van der Waals surface area (Å²) in [6.07, 6.45) is 0. The van der Waals surface area contributed by atoms with Crippen molar-refractivity contribution in [2.75, 3.05) is 7.11 Å². The molecular weight excluding hydrogens is 400 g/mol. The van der Waals surface area contributed by atoms with Crippen LogP contribution in [0.3, 0.4) is 0 Å². The van der Waals surface area contributed by atoms with Gasteiger partial charge in [-0.05, 0) is 36.8 Å². The van der Waals surface area contributed by atoms with E-state index in [2.05, 4.69) is 52.0 Å². The predicted molar refractivity (Wildman–Crippen MR) is 123 cm³/mol. The fraction of sp³-hybridized carbons (Fsp3) is 0.192. The fourth-order valence-corrected chi connectivity index (χ4v) is 3.92. The van der Waals surface area contributed by atoms with Gasteiger partial charge in [0.25, 0.3) is 0 Å². The molecule has 4 aromatic rings. The zero-order valence-corrected chi connectivity index (χ0v) is 18.2. The number of aryl methyl sites for hydroxylation is 1. The summed E-state index contributed by atoms with van der Waals surface area (Å²) in [5.74, 6) is 2.41. The van der Waals surface area contributed by atoms with Gasteiger partial charge in [-0.15, -0.1) is 10.2 Å². The first-order valence-electron chi connectivity index (χ1n) is 10.6. The van der Waals surface area contributed by atoms with Crippen molar-refractivity contribution in [2.45, 2.75) is 26.7 Å². The highest BCUT2D eigenvalue weighted by molar-refractivity contribution is 6.15. The maximum Gasteiger partial charge on any atom is 0.163 e. The number of nitrogens with zero attached hydrogens (tertiary/aromatic N) is 4. The lowest BCUT2D eigenvalue weighted by Crippen LogP contribution is -2.10. The van der Waals surface area contributed by atoms with Crippen LogP contribution in [0, 0.1) is 6.92 Å². The highest BCUT2D eigenvalue weighted by Gasteiger charge is 2.23. The second-order valence-electron chi connectivity index (χ2n) is 7.76. The second-order valence-corrected chi connectivity index (χ2v) is 7.76. The molecule has 2 heterocycles. The van der Waals surface area contributed by atoms with Crippen LogP contribution in [-0.4, -0.2) is 27.6 Å². The smallest absolute Gasteiger partial charge is 0.163 e. The molecule has 0 atom stereocenters. The highest BCUT2D eigenvalue weighted by atomic mass is 16.5. The van der Waals surface area contributed by atoms with Crippen molar-refractivity contribution >= 4 is 5.71 Å². The molecule has 0 bridgehead atoms. The zero-order valence-electron chi connectivity index (χ0n) is 18.2. The molecule has 0 spiro atoms. The van der Waals surface area contributed by atoms with E-state index < -0.39 is 0 Å². The minimum absolute atomic E-state index is 0.354. The van der Waals surface area contributed by atoms with Crippen LogP contribution in [0.4, 0.5) is 0 Å². The van der Waals surface area contributed by atoms with Crippen molar-refractivity contribution in [3.63, 3.8) is 0 Å². The molecule has 0 saturated heterocycles. The Morgan fingerprint density at radius 1 is 0.906 bits per heavy atom. The lowest BCUT2D eigenvalue weighted by atomic mass is 9.98. The van der Waals surface area contributed by atoms with Gasteiger partial charge in [-0.1, -0.05) is 54.1 Å². The quantitative estimate of drug-likeness (QED) is 0.452. The van der Waals surface area contributed by atoms with Gasteiger partial charge < -0.3 is 9.47 Å². The molecule has 0 radical (unpaired) electrons. The van der Waals surface area contributed by atoms with Gasteiger partial charge in [0, 0.05) is 11.1 Å². The normalized spacial score (nSPS) is 12.5. The van der Waals surface area contributed by atoms with Crippen LogP contribution in [0.25, 0.3) is 5.69 Å². The van der Waals surface area contributed by atoms with E-state index in [1.165, 1.54) is 5.56 Å². The minimum Gasteiger partial charge on any atom is -0.497 e. The Hall–Kier alpha value is -3.77. The van der Waals surface area contributed by atoms with Crippen LogP contribution in [0.1, 0.15) is 33.9 Å². The Kier molecular flexibility index (Phi) is 5.52. The largest absolute Gasteiger partial charge is 0.497 e. The van der Waals surface area contributed by atoms with Gasteiger partial charge in [0.1, 0.15) is 18.9 Å². The number of hydrogen-bond acceptors (Lipinski definition) is 5. The molecule has 1 aliphatic heterocycles. The van der Waals surface area contributed by atoms with Crippen molar-refractivity contribution in [1.82, 2.24) is 14.8 Å². The molecule has 0 N–H and O–H groups in total. The van der Waals surface area contributed by atoms with Crippen LogP contribution in [0.15, 0.2) is 77.8 Å². The van der Waals surface area contributed by atoms with Crippen molar-refractivity contribution in [2.24, 2.45) is 4.99 Å². The predicted octanol–water partition coefficient (Wildman–Crippen LogP) is 4.65. The zero-order chi connectivity index (χ0) is 21.9. The summed E-state index contributed by atoms with van der Waals surface area (Å²) < 4.78 is 13.3. The Balaban J connectivity index is 1.44. The summed E-state index contributed by atoms with van der Waals surface area (Å²) in [4.78, 5) is 4.92. The Morgan fingerprint density at radius 2 is 1.72 bits per heavy atom. The van der Waals surface area contributed by atoms with Gasteiger partial charge in [0.15, 0.2) is 11.6 Å². The van der Waals surface area contributed by atoms with E-state index in [0.717, 1.165) is 45.5 Å². The van der Waals surface area contributed by atoms with Gasteiger partial charge in [0.2, 0.25) is 0 Å². The lowest BCUT2D eigenvalue weighted by molar-refractivity contribution is 0.100. The van der Waals surface area contributed by atoms with Crippen LogP contribution in [0.2, 0.25) is 0 Å². The van der Waals surface area contributed by atoms with Crippen molar-refractivity contribution in [1.29, 1.82) is 0 Å². The van der Waals surface area contributed by atoms with Gasteiger partial charge in [-0.25, -0.2) is 0 Å². The number of benzene rings is 3. The molecule has 1 aromatic heterocycles. The molecule has 0 fully saturated rings. The second kappa shape index (κ2) is 8.77. The minimum atomic E-state index is 0.354. The summed E-state index contributed by atoms with van der Waals surface area (Å²) >= 11 is 0.